The molecule has 6 aromatic rings. The first-order valence-electron chi connectivity index (χ1n) is 14.2. The van der Waals surface area contributed by atoms with Gasteiger partial charge in [0.25, 0.3) is 0 Å². The molecule has 0 aliphatic heterocycles. The monoisotopic (exact) mass is 649 g/mol. The van der Waals surface area contributed by atoms with Gasteiger partial charge in [-0.2, -0.15) is 15.3 Å². The van der Waals surface area contributed by atoms with Gasteiger partial charge in [-0.15, -0.1) is 5.76 Å². The summed E-state index contributed by atoms with van der Waals surface area (Å²) in [5, 5.41) is 24.8. The number of nitrogens with zero attached hydrogens (tertiary/aromatic N) is 9. The van der Waals surface area contributed by atoms with Crippen molar-refractivity contribution in [2.75, 3.05) is 0 Å². The van der Waals surface area contributed by atoms with Crippen LogP contribution in [0.3, 0.4) is 0 Å². The number of ketones is 1. The number of carbonyl (C=O) groups excluding carboxylic acids is 1. The Morgan fingerprint density at radius 1 is 0.600 bits per heavy atom. The van der Waals surface area contributed by atoms with Gasteiger partial charge in [0.2, 0.25) is 0 Å². The molecule has 45 heavy (non-hydrogen) atoms. The number of hydrogen-bond acceptors (Lipinski definition) is 8. The van der Waals surface area contributed by atoms with Crippen LogP contribution < -0.4 is 5.11 Å². The zero-order chi connectivity index (χ0) is 31.2. The second kappa shape index (κ2) is 14.6. The summed E-state index contributed by atoms with van der Waals surface area (Å²) < 4.78 is 5.74. The van der Waals surface area contributed by atoms with Crippen LogP contribution >= 0.6 is 0 Å². The van der Waals surface area contributed by atoms with Crippen molar-refractivity contribution in [1.82, 2.24) is 44.0 Å². The van der Waals surface area contributed by atoms with Gasteiger partial charge in [-0.3, -0.25) is 4.79 Å². The summed E-state index contributed by atoms with van der Waals surface area (Å²) in [4.78, 5) is 24.4. The van der Waals surface area contributed by atoms with Gasteiger partial charge in [0, 0.05) is 16.7 Å². The van der Waals surface area contributed by atoms with E-state index in [-0.39, 0.29) is 31.0 Å². The van der Waals surface area contributed by atoms with Gasteiger partial charge in [0.1, 0.15) is 0 Å². The summed E-state index contributed by atoms with van der Waals surface area (Å²) in [6, 6.07) is 29.9. The van der Waals surface area contributed by atoms with Gasteiger partial charge in [-0.05, 0) is 33.8 Å². The van der Waals surface area contributed by atoms with Crippen LogP contribution in [0.1, 0.15) is 31.3 Å². The van der Waals surface area contributed by atoms with E-state index in [1.807, 2.05) is 126 Å². The van der Waals surface area contributed by atoms with Gasteiger partial charge in [0.05, 0.1) is 17.5 Å². The van der Waals surface area contributed by atoms with Gasteiger partial charge >= 0.3 is 26.6 Å². The van der Waals surface area contributed by atoms with Crippen LogP contribution in [0.2, 0.25) is 0 Å². The summed E-state index contributed by atoms with van der Waals surface area (Å²) in [6.45, 7) is 8.55. The molecule has 0 saturated heterocycles. The third kappa shape index (κ3) is 7.74. The van der Waals surface area contributed by atoms with E-state index in [1.165, 1.54) is 13.8 Å². The van der Waals surface area contributed by atoms with Crippen LogP contribution in [0.4, 0.5) is 0 Å². The molecule has 0 N–H and O–H groups in total. The van der Waals surface area contributed by atoms with Gasteiger partial charge < -0.3 is 18.9 Å². The molecule has 11 nitrogen and oxygen atoms in total. The van der Waals surface area contributed by atoms with Crippen molar-refractivity contribution < 1.29 is 29.4 Å². The molecule has 0 bridgehead atoms. The van der Waals surface area contributed by atoms with E-state index in [1.54, 1.807) is 0 Å². The minimum Gasteiger partial charge on any atom is -0.876 e. The molecule has 0 atom stereocenters. The summed E-state index contributed by atoms with van der Waals surface area (Å²) in [5.74, 6) is 3.84. The van der Waals surface area contributed by atoms with E-state index >= 15 is 0 Å². The summed E-state index contributed by atoms with van der Waals surface area (Å²) in [7, 11) is -1.74. The molecule has 0 radical (unpaired) electrons. The second-order valence-electron chi connectivity index (χ2n) is 10.3. The predicted octanol–water partition coefficient (Wildman–Crippen LogP) is 3.89. The minimum atomic E-state index is -1.74. The molecule has 0 amide bonds. The minimum absolute atomic E-state index is 0. The topological polar surface area (TPSA) is 132 Å². The molecule has 0 spiro atoms. The maximum absolute atomic E-state index is 9.98. The number of carbonyl (C=O) groups is 1. The fraction of sp³-hybridized carbons (Fsp3) is 0.156. The predicted molar refractivity (Wildman–Crippen MR) is 168 cm³/mol. The smallest absolute Gasteiger partial charge is 0.876 e. The van der Waals surface area contributed by atoms with Crippen molar-refractivity contribution in [1.29, 1.82) is 0 Å². The number of aryl methyl sites for hydroxylation is 3. The normalized spacial score (nSPS) is 11.1. The molecule has 3 aromatic heterocycles. The fourth-order valence-corrected chi connectivity index (χ4v) is 4.86. The van der Waals surface area contributed by atoms with Crippen LogP contribution in [0.15, 0.2) is 103 Å². The van der Waals surface area contributed by atoms with Crippen molar-refractivity contribution in [2.24, 2.45) is 0 Å². The summed E-state index contributed by atoms with van der Waals surface area (Å²) >= 11 is 0. The van der Waals surface area contributed by atoms with Crippen molar-refractivity contribution >= 4 is 12.9 Å². The van der Waals surface area contributed by atoms with Crippen LogP contribution in [-0.2, 0) is 24.3 Å². The molecule has 13 heteroatoms. The number of hydrogen-bond donors (Lipinski definition) is 0. The number of aromatic nitrogens is 9. The first-order chi connectivity index (χ1) is 21.2. The molecular weight excluding hydrogens is 619 g/mol. The molecule has 6 rings (SSSR count). The van der Waals surface area contributed by atoms with Crippen LogP contribution in [0.25, 0.3) is 34.2 Å². The number of benzene rings is 3. The molecule has 3 aromatic carbocycles. The molecule has 0 aliphatic carbocycles. The van der Waals surface area contributed by atoms with Crippen molar-refractivity contribution in [3.63, 3.8) is 0 Å². The third-order valence-corrected chi connectivity index (χ3v) is 6.88. The molecule has 0 unspecified atom stereocenters. The number of rotatable bonds is 7. The largest absolute Gasteiger partial charge is 2.00 e. The Labute approximate surface area is 274 Å². The average molecular weight is 651 g/mol. The van der Waals surface area contributed by atoms with Gasteiger partial charge in [0.15, 0.2) is 23.3 Å². The molecule has 0 saturated carbocycles. The summed E-state index contributed by atoms with van der Waals surface area (Å²) in [6.07, 6.45) is 1.06. The van der Waals surface area contributed by atoms with Crippen molar-refractivity contribution in [3.8, 4) is 34.2 Å². The van der Waals surface area contributed by atoms with Crippen LogP contribution in [-0.4, -0.2) is 56.9 Å². The maximum atomic E-state index is 9.98. The molecule has 0 aliphatic rings. The van der Waals surface area contributed by atoms with Crippen LogP contribution in [0, 0.1) is 20.8 Å². The van der Waals surface area contributed by atoms with E-state index in [2.05, 4.69) is 0 Å². The fourth-order valence-electron chi connectivity index (χ4n) is 4.86. The van der Waals surface area contributed by atoms with E-state index in [0.29, 0.717) is 17.5 Å². The molecule has 3 heterocycles. The molecular formula is C32H32BN9O2Zn. The zero-order valence-corrected chi connectivity index (χ0v) is 29.0. The van der Waals surface area contributed by atoms with E-state index < -0.39 is 7.12 Å². The first kappa shape index (κ1) is 32.9. The molecule has 0 fully saturated rings. The average Bonchev–Trinajstić information content (AvgIpc) is 3.71. The van der Waals surface area contributed by atoms with Gasteiger partial charge in [-0.25, -0.2) is 15.0 Å². The SMILES string of the molecule is CC(=O)/C=C(/C)[O-].Cc1nc(-c2ccccc2)nn1[BH-](n1nc(-c2ccccc2)nc1C)n1nc(-c2ccccc2)nc1C.[Zn+2]. The summed E-state index contributed by atoms with van der Waals surface area (Å²) in [5.41, 5.74) is 2.84. The Balaban J connectivity index is 0.000000519. The Kier molecular flexibility index (Phi) is 10.7. The number of allylic oxidation sites excluding steroid dienone is 2. The Morgan fingerprint density at radius 2 is 0.889 bits per heavy atom. The quantitative estimate of drug-likeness (QED) is 0.145. The molecule has 222 valence electrons. The Morgan fingerprint density at radius 3 is 1.11 bits per heavy atom. The zero-order valence-electron chi connectivity index (χ0n) is 26.0. The van der Waals surface area contributed by atoms with E-state index in [0.717, 1.165) is 40.2 Å². The van der Waals surface area contributed by atoms with Gasteiger partial charge in [-0.1, -0.05) is 97.9 Å². The second-order valence-corrected chi connectivity index (χ2v) is 10.3. The van der Waals surface area contributed by atoms with Crippen LogP contribution in [0.5, 0.6) is 0 Å². The van der Waals surface area contributed by atoms with Crippen molar-refractivity contribution in [3.05, 3.63) is 120 Å². The van der Waals surface area contributed by atoms with E-state index in [4.69, 9.17) is 30.2 Å². The standard InChI is InChI=1S/C27H25BN9.C5H8O2.Zn/c1-19-29-25(22-13-7-4-8-14-22)32-35(19)28(36-20(2)30-26(33-36)23-15-9-5-10-16-23)37-21(3)31-27(34-37)24-17-11-6-12-18-24;1-4(6)3-5(2)7;/h4-18,28H,1-3H3;3,6H,1-2H3;/q-1;;+2/p-1/b;4-3-;. The third-order valence-electron chi connectivity index (χ3n) is 6.88. The maximum Gasteiger partial charge on any atom is 2.00 e. The first-order valence-corrected chi connectivity index (χ1v) is 14.2. The van der Waals surface area contributed by atoms with Crippen molar-refractivity contribution in [2.45, 2.75) is 34.6 Å². The Hall–Kier alpha value is -5.02. The van der Waals surface area contributed by atoms with E-state index in [9.17, 15) is 9.90 Å². The Bertz CT molecular complexity index is 1700.